The number of amides is 1. The zero-order chi connectivity index (χ0) is 16.2. The van der Waals surface area contributed by atoms with E-state index in [0.717, 1.165) is 18.2 Å². The molecule has 0 heterocycles. The van der Waals surface area contributed by atoms with Gasteiger partial charge in [0.05, 0.1) is 15.9 Å². The van der Waals surface area contributed by atoms with Crippen molar-refractivity contribution in [3.8, 4) is 0 Å². The van der Waals surface area contributed by atoms with Crippen molar-refractivity contribution < 1.29 is 18.1 Å². The first-order valence-corrected chi connectivity index (χ1v) is 7.20. The molecule has 11 heteroatoms. The minimum absolute atomic E-state index is 0.157. The van der Waals surface area contributed by atoms with E-state index in [2.05, 4.69) is 15.5 Å². The van der Waals surface area contributed by atoms with E-state index in [9.17, 15) is 23.3 Å². The number of anilines is 1. The minimum atomic E-state index is -4.02. The SMILES string of the molecule is CNC(=O)C(C)NS(=O)(=O)c1ccc([N+](=O)[O-])c(NN)c1. The Bertz CT molecular complexity index is 660. The number of carbonyl (C=O) groups is 1. The molecule has 0 bridgehead atoms. The van der Waals surface area contributed by atoms with Crippen LogP contribution in [0.3, 0.4) is 0 Å². The average molecular weight is 317 g/mol. The number of benzene rings is 1. The Morgan fingerprint density at radius 3 is 2.52 bits per heavy atom. The molecule has 116 valence electrons. The Morgan fingerprint density at radius 2 is 2.05 bits per heavy atom. The largest absolute Gasteiger partial charge is 0.358 e. The Balaban J connectivity index is 3.15. The lowest BCUT2D eigenvalue weighted by atomic mass is 10.3. The molecule has 0 aromatic heterocycles. The predicted molar refractivity (Wildman–Crippen MR) is 74.8 cm³/mol. The van der Waals surface area contributed by atoms with Gasteiger partial charge < -0.3 is 10.7 Å². The lowest BCUT2D eigenvalue weighted by Crippen LogP contribution is -2.43. The molecule has 0 saturated heterocycles. The first-order valence-electron chi connectivity index (χ1n) is 5.72. The maximum absolute atomic E-state index is 12.1. The van der Waals surface area contributed by atoms with E-state index in [1.807, 2.05) is 0 Å². The van der Waals surface area contributed by atoms with Gasteiger partial charge in [0, 0.05) is 13.1 Å². The molecular weight excluding hydrogens is 302 g/mol. The van der Waals surface area contributed by atoms with Crippen LogP contribution in [0.25, 0.3) is 0 Å². The van der Waals surface area contributed by atoms with Crippen LogP contribution in [0.2, 0.25) is 0 Å². The molecular formula is C10H15N5O5S. The van der Waals surface area contributed by atoms with Crippen molar-refractivity contribution in [3.63, 3.8) is 0 Å². The van der Waals surface area contributed by atoms with Gasteiger partial charge in [0.25, 0.3) is 5.69 Å². The third-order valence-corrected chi connectivity index (χ3v) is 4.14. The van der Waals surface area contributed by atoms with Crippen LogP contribution in [-0.4, -0.2) is 32.3 Å². The van der Waals surface area contributed by atoms with Gasteiger partial charge in [-0.2, -0.15) is 4.72 Å². The van der Waals surface area contributed by atoms with Gasteiger partial charge in [0.1, 0.15) is 5.69 Å². The zero-order valence-corrected chi connectivity index (χ0v) is 12.1. The number of nitrogens with two attached hydrogens (primary N) is 1. The molecule has 5 N–H and O–H groups in total. The Morgan fingerprint density at radius 1 is 1.43 bits per heavy atom. The standard InChI is InChI=1S/C10H15N5O5S/c1-6(10(16)12-2)14-21(19,20)7-3-4-9(15(17)18)8(5-7)13-11/h3-6,13-14H,11H2,1-2H3,(H,12,16). The summed E-state index contributed by atoms with van der Waals surface area (Å²) in [5.74, 6) is 4.62. The summed E-state index contributed by atoms with van der Waals surface area (Å²) in [6.45, 7) is 1.36. The van der Waals surface area contributed by atoms with Gasteiger partial charge in [-0.25, -0.2) is 8.42 Å². The highest BCUT2D eigenvalue weighted by atomic mass is 32.2. The molecule has 1 atom stereocenters. The van der Waals surface area contributed by atoms with Gasteiger partial charge in [-0.05, 0) is 19.1 Å². The van der Waals surface area contributed by atoms with Gasteiger partial charge >= 0.3 is 0 Å². The topological polar surface area (TPSA) is 156 Å². The van der Waals surface area contributed by atoms with Crippen molar-refractivity contribution in [1.82, 2.24) is 10.0 Å². The summed E-state index contributed by atoms with van der Waals surface area (Å²) in [4.78, 5) is 21.1. The number of hydrazine groups is 1. The van der Waals surface area contributed by atoms with E-state index < -0.39 is 26.9 Å². The number of likely N-dealkylation sites (N-methyl/N-ethyl adjacent to an activating group) is 1. The highest BCUT2D eigenvalue weighted by Gasteiger charge is 2.24. The van der Waals surface area contributed by atoms with Crippen molar-refractivity contribution in [3.05, 3.63) is 28.3 Å². The number of hydrogen-bond donors (Lipinski definition) is 4. The first-order chi connectivity index (χ1) is 9.72. The molecule has 0 aliphatic rings. The predicted octanol–water partition coefficient (Wildman–Crippen LogP) is -0.707. The van der Waals surface area contributed by atoms with Crippen LogP contribution in [0.4, 0.5) is 11.4 Å². The monoisotopic (exact) mass is 317 g/mol. The highest BCUT2D eigenvalue weighted by molar-refractivity contribution is 7.89. The second kappa shape index (κ2) is 6.47. The van der Waals surface area contributed by atoms with Crippen LogP contribution in [0.5, 0.6) is 0 Å². The zero-order valence-electron chi connectivity index (χ0n) is 11.3. The summed E-state index contributed by atoms with van der Waals surface area (Å²) < 4.78 is 26.3. The number of nitrogens with zero attached hydrogens (tertiary/aromatic N) is 1. The van der Waals surface area contributed by atoms with Crippen LogP contribution in [0.1, 0.15) is 6.92 Å². The number of nitrogens with one attached hydrogen (secondary N) is 3. The molecule has 0 aliphatic heterocycles. The molecule has 0 saturated carbocycles. The molecule has 21 heavy (non-hydrogen) atoms. The van der Waals surface area contributed by atoms with Crippen LogP contribution in [0.15, 0.2) is 23.1 Å². The fourth-order valence-corrected chi connectivity index (χ4v) is 2.76. The van der Waals surface area contributed by atoms with Crippen LogP contribution < -0.4 is 21.3 Å². The molecule has 0 aliphatic carbocycles. The third kappa shape index (κ3) is 3.87. The molecule has 10 nitrogen and oxygen atoms in total. The van der Waals surface area contributed by atoms with Crippen LogP contribution in [-0.2, 0) is 14.8 Å². The van der Waals surface area contributed by atoms with E-state index in [0.29, 0.717) is 0 Å². The number of nitro groups is 1. The summed E-state index contributed by atoms with van der Waals surface area (Å²) in [6, 6.07) is 2.08. The van der Waals surface area contributed by atoms with Crippen molar-refractivity contribution in [2.75, 3.05) is 12.5 Å². The molecule has 0 spiro atoms. The average Bonchev–Trinajstić information content (AvgIpc) is 2.44. The van der Waals surface area contributed by atoms with Crippen molar-refractivity contribution in [2.45, 2.75) is 17.9 Å². The van der Waals surface area contributed by atoms with Gasteiger partial charge in [-0.15, -0.1) is 0 Å². The van der Waals surface area contributed by atoms with Crippen LogP contribution >= 0.6 is 0 Å². The Labute approximate surface area is 120 Å². The smallest absolute Gasteiger partial charge is 0.293 e. The number of hydrogen-bond acceptors (Lipinski definition) is 7. The number of nitrogen functional groups attached to an aromatic ring is 1. The molecule has 0 fully saturated rings. The summed E-state index contributed by atoms with van der Waals surface area (Å²) in [7, 11) is -2.65. The van der Waals surface area contributed by atoms with Gasteiger partial charge in [-0.1, -0.05) is 0 Å². The molecule has 1 rings (SSSR count). The maximum Gasteiger partial charge on any atom is 0.293 e. The lowest BCUT2D eigenvalue weighted by Gasteiger charge is -2.13. The first kappa shape index (κ1) is 16.8. The normalized spacial score (nSPS) is 12.5. The fourth-order valence-electron chi connectivity index (χ4n) is 1.53. The number of sulfonamides is 1. The third-order valence-electron chi connectivity index (χ3n) is 2.60. The Kier molecular flexibility index (Phi) is 5.18. The second-order valence-corrected chi connectivity index (χ2v) is 5.75. The molecule has 1 amide bonds. The summed E-state index contributed by atoms with van der Waals surface area (Å²) in [6.07, 6.45) is 0. The van der Waals surface area contributed by atoms with E-state index in [1.165, 1.54) is 14.0 Å². The fraction of sp³-hybridized carbons (Fsp3) is 0.300. The highest BCUT2D eigenvalue weighted by Crippen LogP contribution is 2.26. The van der Waals surface area contributed by atoms with Gasteiger partial charge in [0.2, 0.25) is 15.9 Å². The minimum Gasteiger partial charge on any atom is -0.358 e. The molecule has 1 unspecified atom stereocenters. The molecule has 0 radical (unpaired) electrons. The van der Waals surface area contributed by atoms with Gasteiger partial charge in [0.15, 0.2) is 0 Å². The lowest BCUT2D eigenvalue weighted by molar-refractivity contribution is -0.384. The number of nitro benzene ring substituents is 1. The summed E-state index contributed by atoms with van der Waals surface area (Å²) >= 11 is 0. The van der Waals surface area contributed by atoms with Crippen LogP contribution in [0, 0.1) is 10.1 Å². The van der Waals surface area contributed by atoms with E-state index in [1.54, 1.807) is 0 Å². The number of carbonyl (C=O) groups excluding carboxylic acids is 1. The Hall–Kier alpha value is -2.24. The number of rotatable bonds is 6. The van der Waals surface area contributed by atoms with E-state index in [-0.39, 0.29) is 16.3 Å². The summed E-state index contributed by atoms with van der Waals surface area (Å²) in [5, 5.41) is 13.0. The van der Waals surface area contributed by atoms with Crippen molar-refractivity contribution in [1.29, 1.82) is 0 Å². The van der Waals surface area contributed by atoms with Crippen molar-refractivity contribution >= 4 is 27.3 Å². The molecule has 1 aromatic carbocycles. The summed E-state index contributed by atoms with van der Waals surface area (Å²) in [5.41, 5.74) is 1.54. The second-order valence-electron chi connectivity index (χ2n) is 4.04. The van der Waals surface area contributed by atoms with Gasteiger partial charge in [-0.3, -0.25) is 20.8 Å². The van der Waals surface area contributed by atoms with E-state index >= 15 is 0 Å². The van der Waals surface area contributed by atoms with Crippen molar-refractivity contribution in [2.24, 2.45) is 5.84 Å². The van der Waals surface area contributed by atoms with E-state index in [4.69, 9.17) is 5.84 Å². The molecule has 1 aromatic rings. The quantitative estimate of drug-likeness (QED) is 0.307. The maximum atomic E-state index is 12.1.